The number of carbonyl (C=O) groups excluding carboxylic acids is 2. The molecule has 1 N–H and O–H groups in total. The third-order valence-electron chi connectivity index (χ3n) is 6.63. The zero-order valence-electron chi connectivity index (χ0n) is 17.8. The van der Waals surface area contributed by atoms with Gasteiger partial charge in [0.15, 0.2) is 5.82 Å². The number of pyridine rings is 1. The van der Waals surface area contributed by atoms with Gasteiger partial charge in [-0.25, -0.2) is 4.98 Å². The first-order valence-corrected chi connectivity index (χ1v) is 10.9. The maximum absolute atomic E-state index is 12.9. The predicted molar refractivity (Wildman–Crippen MR) is 112 cm³/mol. The Hall–Kier alpha value is -2.77. The number of nitrogens with zero attached hydrogens (tertiary/aromatic N) is 5. The van der Waals surface area contributed by atoms with Crippen molar-refractivity contribution in [2.24, 2.45) is 5.92 Å². The lowest BCUT2D eigenvalue weighted by atomic mass is 9.99. The van der Waals surface area contributed by atoms with Gasteiger partial charge in [-0.3, -0.25) is 19.7 Å². The van der Waals surface area contributed by atoms with Crippen LogP contribution < -0.4 is 0 Å². The van der Waals surface area contributed by atoms with E-state index in [1.54, 1.807) is 12.4 Å². The Bertz CT molecular complexity index is 877. The first-order chi connectivity index (χ1) is 14.5. The molecule has 0 spiro atoms. The van der Waals surface area contributed by atoms with Gasteiger partial charge >= 0.3 is 0 Å². The van der Waals surface area contributed by atoms with Crippen molar-refractivity contribution in [3.05, 3.63) is 30.4 Å². The molecule has 2 amide bonds. The van der Waals surface area contributed by atoms with Crippen LogP contribution in [0.3, 0.4) is 0 Å². The van der Waals surface area contributed by atoms with Gasteiger partial charge in [-0.05, 0) is 44.7 Å². The molecule has 2 aliphatic rings. The molecular formula is C22H30N6O2. The highest BCUT2D eigenvalue weighted by molar-refractivity contribution is 5.80. The van der Waals surface area contributed by atoms with Crippen LogP contribution in [0.2, 0.25) is 0 Å². The van der Waals surface area contributed by atoms with Gasteiger partial charge in [0.2, 0.25) is 11.8 Å². The second-order valence-electron chi connectivity index (χ2n) is 8.53. The molecule has 0 unspecified atom stereocenters. The van der Waals surface area contributed by atoms with Gasteiger partial charge in [-0.15, -0.1) is 0 Å². The van der Waals surface area contributed by atoms with Crippen molar-refractivity contribution in [1.29, 1.82) is 0 Å². The van der Waals surface area contributed by atoms with E-state index in [1.807, 2.05) is 35.8 Å². The van der Waals surface area contributed by atoms with Crippen LogP contribution in [-0.4, -0.2) is 67.0 Å². The number of rotatable bonds is 5. The van der Waals surface area contributed by atoms with E-state index in [0.29, 0.717) is 37.1 Å². The molecule has 0 radical (unpaired) electrons. The maximum Gasteiger partial charge on any atom is 0.230 e. The summed E-state index contributed by atoms with van der Waals surface area (Å²) in [7, 11) is 0. The molecule has 0 bridgehead atoms. The number of nitrogens with one attached hydrogen (secondary N) is 1. The summed E-state index contributed by atoms with van der Waals surface area (Å²) in [6.45, 7) is 5.24. The molecule has 1 aliphatic carbocycles. The Morgan fingerprint density at radius 1 is 1.03 bits per heavy atom. The number of carbonyl (C=O) groups is 2. The summed E-state index contributed by atoms with van der Waals surface area (Å²) in [5, 5.41) is 7.09. The van der Waals surface area contributed by atoms with E-state index in [0.717, 1.165) is 5.56 Å². The molecule has 1 saturated carbocycles. The quantitative estimate of drug-likeness (QED) is 0.817. The van der Waals surface area contributed by atoms with Crippen LogP contribution in [-0.2, 0) is 16.0 Å². The number of aromatic nitrogens is 4. The molecule has 3 heterocycles. The van der Waals surface area contributed by atoms with Gasteiger partial charge in [0, 0.05) is 49.6 Å². The lowest BCUT2D eigenvalue weighted by Crippen LogP contribution is -2.60. The minimum absolute atomic E-state index is 0.00895. The average Bonchev–Trinajstić information content (AvgIpc) is 3.42. The van der Waals surface area contributed by atoms with E-state index in [2.05, 4.69) is 20.2 Å². The molecule has 30 heavy (non-hydrogen) atoms. The monoisotopic (exact) mass is 410 g/mol. The molecule has 8 heteroatoms. The Morgan fingerprint density at radius 2 is 1.67 bits per heavy atom. The topological polar surface area (TPSA) is 95.1 Å². The average molecular weight is 411 g/mol. The zero-order valence-corrected chi connectivity index (χ0v) is 17.8. The van der Waals surface area contributed by atoms with Crippen LogP contribution >= 0.6 is 0 Å². The van der Waals surface area contributed by atoms with E-state index < -0.39 is 0 Å². The van der Waals surface area contributed by atoms with E-state index in [9.17, 15) is 9.59 Å². The van der Waals surface area contributed by atoms with Crippen molar-refractivity contribution in [2.45, 2.75) is 64.5 Å². The molecule has 8 nitrogen and oxygen atoms in total. The number of amides is 2. The second kappa shape index (κ2) is 8.93. The number of H-pyrrole nitrogens is 1. The highest BCUT2D eigenvalue weighted by atomic mass is 16.2. The highest BCUT2D eigenvalue weighted by Gasteiger charge is 2.36. The van der Waals surface area contributed by atoms with Crippen molar-refractivity contribution >= 4 is 11.8 Å². The Kier molecular flexibility index (Phi) is 6.11. The molecule has 2 atom stereocenters. The van der Waals surface area contributed by atoms with E-state index in [1.165, 1.54) is 25.7 Å². The molecule has 0 aromatic carbocycles. The molecule has 1 saturated heterocycles. The largest absolute Gasteiger partial charge is 0.336 e. The maximum atomic E-state index is 12.9. The summed E-state index contributed by atoms with van der Waals surface area (Å²) in [6.07, 6.45) is 9.04. The molecule has 2 aromatic heterocycles. The molecule has 2 fully saturated rings. The molecule has 4 rings (SSSR count). The summed E-state index contributed by atoms with van der Waals surface area (Å²) in [4.78, 5) is 38.1. The van der Waals surface area contributed by atoms with E-state index in [-0.39, 0.29) is 30.3 Å². The summed E-state index contributed by atoms with van der Waals surface area (Å²) in [5.74, 6) is 1.90. The van der Waals surface area contributed by atoms with Crippen molar-refractivity contribution in [3.8, 4) is 11.4 Å². The lowest BCUT2D eigenvalue weighted by molar-refractivity contribution is -0.146. The summed E-state index contributed by atoms with van der Waals surface area (Å²) in [5.41, 5.74) is 0.858. The van der Waals surface area contributed by atoms with Crippen LogP contribution in [0, 0.1) is 5.92 Å². The number of aromatic amines is 1. The third kappa shape index (κ3) is 4.37. The Balaban J connectivity index is 1.35. The predicted octanol–water partition coefficient (Wildman–Crippen LogP) is 2.44. The molecule has 2 aromatic rings. The van der Waals surface area contributed by atoms with Crippen molar-refractivity contribution in [2.75, 3.05) is 13.1 Å². The first-order valence-electron chi connectivity index (χ1n) is 10.9. The third-order valence-corrected chi connectivity index (χ3v) is 6.63. The van der Waals surface area contributed by atoms with E-state index >= 15 is 0 Å². The van der Waals surface area contributed by atoms with Gasteiger partial charge in [0.1, 0.15) is 5.82 Å². The van der Waals surface area contributed by atoms with Crippen LogP contribution in [0.4, 0.5) is 0 Å². The fraction of sp³-hybridized carbons (Fsp3) is 0.591. The van der Waals surface area contributed by atoms with Crippen LogP contribution in [0.1, 0.15) is 51.8 Å². The second-order valence-corrected chi connectivity index (χ2v) is 8.53. The minimum atomic E-state index is -0.0265. The summed E-state index contributed by atoms with van der Waals surface area (Å²) >= 11 is 0. The SMILES string of the molecule is C[C@@H]1[C@H](C)N(C(=O)Cc2nc(-c3ccncc3)n[nH]2)CCN1C(=O)CC1CCCC1. The van der Waals surface area contributed by atoms with Crippen molar-refractivity contribution in [1.82, 2.24) is 30.0 Å². The number of piperazine rings is 1. The van der Waals surface area contributed by atoms with Crippen LogP contribution in [0.5, 0.6) is 0 Å². The molecular weight excluding hydrogens is 380 g/mol. The first kappa shape index (κ1) is 20.5. The lowest BCUT2D eigenvalue weighted by Gasteiger charge is -2.45. The minimum Gasteiger partial charge on any atom is -0.336 e. The van der Waals surface area contributed by atoms with Gasteiger partial charge in [-0.2, -0.15) is 5.10 Å². The highest BCUT2D eigenvalue weighted by Crippen LogP contribution is 2.29. The van der Waals surface area contributed by atoms with Gasteiger partial charge < -0.3 is 9.80 Å². The van der Waals surface area contributed by atoms with Crippen LogP contribution in [0.15, 0.2) is 24.5 Å². The normalized spacial score (nSPS) is 22.5. The van der Waals surface area contributed by atoms with Gasteiger partial charge in [0.05, 0.1) is 6.42 Å². The summed E-state index contributed by atoms with van der Waals surface area (Å²) < 4.78 is 0. The Morgan fingerprint density at radius 3 is 2.33 bits per heavy atom. The summed E-state index contributed by atoms with van der Waals surface area (Å²) in [6, 6.07) is 3.65. The van der Waals surface area contributed by atoms with Crippen molar-refractivity contribution in [3.63, 3.8) is 0 Å². The standard InChI is InChI=1S/C22H30N6O2/c1-15-16(2)28(12-11-27(15)20(29)13-17-5-3-4-6-17)21(30)14-19-24-22(26-25-19)18-7-9-23-10-8-18/h7-10,15-17H,3-6,11-14H2,1-2H3,(H,24,25,26)/t15-,16+/m1/s1. The molecule has 1 aliphatic heterocycles. The van der Waals surface area contributed by atoms with E-state index in [4.69, 9.17) is 0 Å². The molecule has 160 valence electrons. The van der Waals surface area contributed by atoms with Crippen LogP contribution in [0.25, 0.3) is 11.4 Å². The number of hydrogen-bond acceptors (Lipinski definition) is 5. The fourth-order valence-corrected chi connectivity index (χ4v) is 4.68. The van der Waals surface area contributed by atoms with Gasteiger partial charge in [-0.1, -0.05) is 12.8 Å². The fourth-order valence-electron chi connectivity index (χ4n) is 4.68. The smallest absolute Gasteiger partial charge is 0.230 e. The van der Waals surface area contributed by atoms with Gasteiger partial charge in [0.25, 0.3) is 0 Å². The zero-order chi connectivity index (χ0) is 21.1. The number of hydrogen-bond donors (Lipinski definition) is 1. The Labute approximate surface area is 177 Å². The van der Waals surface area contributed by atoms with Crippen molar-refractivity contribution < 1.29 is 9.59 Å².